The highest BCUT2D eigenvalue weighted by molar-refractivity contribution is 7.99. The van der Waals surface area contributed by atoms with Crippen molar-refractivity contribution < 1.29 is 28.7 Å². The first-order valence-electron chi connectivity index (χ1n) is 13.1. The molecule has 2 aromatic carbocycles. The Hall–Kier alpha value is -3.80. The van der Waals surface area contributed by atoms with E-state index in [1.54, 1.807) is 0 Å². The maximum atomic E-state index is 12.2. The molecule has 10 nitrogen and oxygen atoms in total. The molecular formula is C28H33BN4O6S. The molecule has 4 amide bonds. The van der Waals surface area contributed by atoms with Crippen LogP contribution in [0.25, 0.3) is 11.1 Å². The van der Waals surface area contributed by atoms with Gasteiger partial charge in [0.2, 0.25) is 17.7 Å². The Kier molecular flexibility index (Phi) is 12.6. The van der Waals surface area contributed by atoms with Crippen LogP contribution in [0.15, 0.2) is 48.5 Å². The lowest BCUT2D eigenvalue weighted by Crippen LogP contribution is -2.44. The molecule has 0 spiro atoms. The summed E-state index contributed by atoms with van der Waals surface area (Å²) in [5.41, 5.74) is 4.10. The van der Waals surface area contributed by atoms with E-state index in [0.29, 0.717) is 12.3 Å². The molecule has 0 unspecified atom stereocenters. The van der Waals surface area contributed by atoms with Crippen LogP contribution in [-0.4, -0.2) is 75.2 Å². The number of thioether (sulfide) groups is 1. The van der Waals surface area contributed by atoms with Gasteiger partial charge in [-0.1, -0.05) is 55.0 Å². The Morgan fingerprint density at radius 3 is 1.88 bits per heavy atom. The number of amides is 4. The molecule has 12 heteroatoms. The van der Waals surface area contributed by atoms with Gasteiger partial charge < -0.3 is 30.8 Å². The van der Waals surface area contributed by atoms with Crippen LogP contribution < -0.4 is 21.3 Å². The molecule has 210 valence electrons. The van der Waals surface area contributed by atoms with Gasteiger partial charge in [-0.25, -0.2) is 4.79 Å². The number of fused-ring (bicyclic) bond motifs is 3. The summed E-state index contributed by atoms with van der Waals surface area (Å²) in [5, 5.41) is 9.86. The summed E-state index contributed by atoms with van der Waals surface area (Å²) < 4.78 is 5.38. The zero-order valence-corrected chi connectivity index (χ0v) is 23.0. The Morgan fingerprint density at radius 2 is 1.27 bits per heavy atom. The lowest BCUT2D eigenvalue weighted by Gasteiger charge is -2.14. The highest BCUT2D eigenvalue weighted by Crippen LogP contribution is 2.44. The fraction of sp³-hybridized carbons (Fsp3) is 0.393. The van der Waals surface area contributed by atoms with Crippen molar-refractivity contribution in [2.75, 3.05) is 37.9 Å². The molecule has 0 saturated carbocycles. The Labute approximate surface area is 239 Å². The number of ether oxygens (including phenoxy) is 1. The molecule has 40 heavy (non-hydrogen) atoms. The monoisotopic (exact) mass is 564 g/mol. The molecule has 0 atom stereocenters. The lowest BCUT2D eigenvalue weighted by atomic mass is 9.97. The number of benzene rings is 2. The summed E-state index contributed by atoms with van der Waals surface area (Å²) >= 11 is 1.54. The molecule has 0 aliphatic heterocycles. The number of unbranched alkanes of at least 4 members (excludes halogenated alkanes) is 2. The minimum Gasteiger partial charge on any atom is -0.449 e. The van der Waals surface area contributed by atoms with Crippen LogP contribution in [-0.2, 0) is 23.9 Å². The van der Waals surface area contributed by atoms with E-state index < -0.39 is 17.9 Å². The molecule has 4 N–H and O–H groups in total. The quantitative estimate of drug-likeness (QED) is 0.138. The first-order chi connectivity index (χ1) is 19.3. The third kappa shape index (κ3) is 10.1. The van der Waals surface area contributed by atoms with E-state index in [4.69, 9.17) is 12.6 Å². The maximum absolute atomic E-state index is 12.2. The molecule has 2 aromatic rings. The number of hydrogen-bond acceptors (Lipinski definition) is 7. The van der Waals surface area contributed by atoms with Gasteiger partial charge in [-0.3, -0.25) is 14.4 Å². The average molecular weight is 564 g/mol. The number of alkyl carbamates (subject to hydrolysis) is 1. The number of carbonyl (C=O) groups excluding carboxylic acids is 5. The zero-order chi connectivity index (χ0) is 28.7. The molecule has 0 bridgehead atoms. The van der Waals surface area contributed by atoms with Gasteiger partial charge in [0.1, 0.15) is 13.2 Å². The Balaban J connectivity index is 1.23. The van der Waals surface area contributed by atoms with E-state index in [1.165, 1.54) is 11.8 Å². The standard InChI is InChI=1S/C28H33BN4O6S/c29-24(34)12-2-1-7-13-40-18-33-27(37)15-31-25(35)14-30-26(36)16-32-28(38)39-17-23-21-10-5-3-8-19(21)20-9-4-6-11-22(20)23/h3-6,8-11,23H,1-2,7,12-18H2,(H,30,36)(H,31,35)(H,32,38)(H,33,37). The highest BCUT2D eigenvalue weighted by Gasteiger charge is 2.29. The van der Waals surface area contributed by atoms with Crippen LogP contribution in [0.4, 0.5) is 4.79 Å². The SMILES string of the molecule is [B]C(=O)CCCCCSCNC(=O)CNC(=O)CNC(=O)CNC(=O)OCC1c2ccccc2-c2ccccc21. The highest BCUT2D eigenvalue weighted by atomic mass is 32.2. The summed E-state index contributed by atoms with van der Waals surface area (Å²) in [7, 11) is 5.08. The second kappa shape index (κ2) is 16.3. The lowest BCUT2D eigenvalue weighted by molar-refractivity contribution is -0.127. The second-order valence-corrected chi connectivity index (χ2v) is 10.3. The fourth-order valence-corrected chi connectivity index (χ4v) is 5.05. The molecule has 1 aliphatic carbocycles. The van der Waals surface area contributed by atoms with Gasteiger partial charge in [0.05, 0.1) is 24.6 Å². The summed E-state index contributed by atoms with van der Waals surface area (Å²) in [4.78, 5) is 58.6. The van der Waals surface area contributed by atoms with Gasteiger partial charge in [0.25, 0.3) is 0 Å². The first kappa shape index (κ1) is 30.7. The van der Waals surface area contributed by atoms with Crippen LogP contribution in [0.3, 0.4) is 0 Å². The van der Waals surface area contributed by atoms with E-state index in [0.717, 1.165) is 47.3 Å². The predicted molar refractivity (Wildman–Crippen MR) is 154 cm³/mol. The van der Waals surface area contributed by atoms with Gasteiger partial charge in [-0.05, 0) is 47.3 Å². The molecule has 0 heterocycles. The minimum absolute atomic E-state index is 0.0917. The third-order valence-electron chi connectivity index (χ3n) is 6.21. The van der Waals surface area contributed by atoms with Crippen LogP contribution in [0.5, 0.6) is 0 Å². The van der Waals surface area contributed by atoms with Crippen LogP contribution in [0, 0.1) is 0 Å². The third-order valence-corrected chi connectivity index (χ3v) is 7.14. The molecular weight excluding hydrogens is 531 g/mol. The van der Waals surface area contributed by atoms with Crippen molar-refractivity contribution in [3.05, 3.63) is 59.7 Å². The molecule has 1 aliphatic rings. The summed E-state index contributed by atoms with van der Waals surface area (Å²) in [5.74, 6) is -0.305. The van der Waals surface area contributed by atoms with E-state index in [1.807, 2.05) is 48.5 Å². The van der Waals surface area contributed by atoms with Crippen molar-refractivity contribution >= 4 is 49.1 Å². The van der Waals surface area contributed by atoms with E-state index in [9.17, 15) is 24.0 Å². The molecule has 2 radical (unpaired) electrons. The predicted octanol–water partition coefficient (Wildman–Crippen LogP) is 1.82. The summed E-state index contributed by atoms with van der Waals surface area (Å²) in [6, 6.07) is 16.0. The van der Waals surface area contributed by atoms with E-state index in [2.05, 4.69) is 21.3 Å². The van der Waals surface area contributed by atoms with Gasteiger partial charge in [0.15, 0.2) is 7.85 Å². The van der Waals surface area contributed by atoms with Gasteiger partial charge in [-0.15, -0.1) is 11.8 Å². The summed E-state index contributed by atoms with van der Waals surface area (Å²) in [6.07, 6.45) is 2.22. The zero-order valence-electron chi connectivity index (χ0n) is 22.2. The largest absolute Gasteiger partial charge is 0.449 e. The van der Waals surface area contributed by atoms with Crippen molar-refractivity contribution in [2.45, 2.75) is 31.6 Å². The molecule has 0 fully saturated rings. The van der Waals surface area contributed by atoms with Crippen molar-refractivity contribution in [2.24, 2.45) is 0 Å². The smallest absolute Gasteiger partial charge is 0.407 e. The van der Waals surface area contributed by atoms with Crippen LogP contribution in [0.2, 0.25) is 0 Å². The Morgan fingerprint density at radius 1 is 0.725 bits per heavy atom. The number of nitrogens with one attached hydrogen (secondary N) is 4. The van der Waals surface area contributed by atoms with Crippen molar-refractivity contribution in [1.29, 1.82) is 0 Å². The normalized spacial score (nSPS) is 11.6. The van der Waals surface area contributed by atoms with Crippen LogP contribution >= 0.6 is 11.8 Å². The van der Waals surface area contributed by atoms with Crippen molar-refractivity contribution in [3.63, 3.8) is 0 Å². The topological polar surface area (TPSA) is 143 Å². The number of rotatable bonds is 16. The maximum Gasteiger partial charge on any atom is 0.407 e. The van der Waals surface area contributed by atoms with Crippen LogP contribution in [0.1, 0.15) is 42.7 Å². The van der Waals surface area contributed by atoms with Crippen molar-refractivity contribution in [1.82, 2.24) is 21.3 Å². The second-order valence-electron chi connectivity index (χ2n) is 9.16. The van der Waals surface area contributed by atoms with E-state index in [-0.39, 0.29) is 43.7 Å². The van der Waals surface area contributed by atoms with Crippen molar-refractivity contribution in [3.8, 4) is 11.1 Å². The minimum atomic E-state index is -0.735. The molecule has 0 saturated heterocycles. The fourth-order valence-electron chi connectivity index (χ4n) is 4.23. The van der Waals surface area contributed by atoms with Gasteiger partial charge in [-0.2, -0.15) is 0 Å². The number of carbonyl (C=O) groups is 5. The first-order valence-corrected chi connectivity index (χ1v) is 14.3. The number of hydrogen-bond donors (Lipinski definition) is 4. The molecule has 0 aromatic heterocycles. The Bertz CT molecular complexity index is 1170. The van der Waals surface area contributed by atoms with E-state index >= 15 is 0 Å². The average Bonchev–Trinajstić information content (AvgIpc) is 3.27. The molecule has 3 rings (SSSR count). The summed E-state index contributed by atoms with van der Waals surface area (Å²) in [6.45, 7) is -0.782. The van der Waals surface area contributed by atoms with Gasteiger partial charge >= 0.3 is 6.09 Å². The van der Waals surface area contributed by atoms with Gasteiger partial charge in [0, 0.05) is 5.92 Å².